The van der Waals surface area contributed by atoms with Crippen molar-refractivity contribution < 1.29 is 4.79 Å². The largest absolute Gasteiger partial charge is 0.302 e. The van der Waals surface area contributed by atoms with Crippen LogP contribution in [0.4, 0.5) is 5.13 Å². The van der Waals surface area contributed by atoms with Crippen LogP contribution >= 0.6 is 11.3 Å². The number of rotatable bonds is 5. The van der Waals surface area contributed by atoms with E-state index in [0.29, 0.717) is 11.6 Å². The second-order valence-corrected chi connectivity index (χ2v) is 7.78. The predicted octanol–water partition coefficient (Wildman–Crippen LogP) is 3.86. The van der Waals surface area contributed by atoms with Crippen LogP contribution in [0.5, 0.6) is 0 Å². The summed E-state index contributed by atoms with van der Waals surface area (Å²) in [5, 5.41) is 3.66. The lowest BCUT2D eigenvalue weighted by atomic mass is 9.99. The summed E-state index contributed by atoms with van der Waals surface area (Å²) in [5.74, 6) is 0.838. The first kappa shape index (κ1) is 17.1. The van der Waals surface area contributed by atoms with Crippen molar-refractivity contribution in [2.24, 2.45) is 5.92 Å². The van der Waals surface area contributed by atoms with E-state index in [2.05, 4.69) is 22.1 Å². The number of carbonyl (C=O) groups is 1. The van der Waals surface area contributed by atoms with E-state index >= 15 is 0 Å². The molecule has 1 aliphatic rings. The molecule has 0 bridgehead atoms. The monoisotopic (exact) mass is 343 g/mol. The number of nitrogens with one attached hydrogen (secondary N) is 1. The van der Waals surface area contributed by atoms with Crippen LogP contribution in [0.25, 0.3) is 0 Å². The summed E-state index contributed by atoms with van der Waals surface area (Å²) >= 11 is 1.61. The van der Waals surface area contributed by atoms with E-state index in [0.717, 1.165) is 36.8 Å². The molecule has 1 aromatic carbocycles. The highest BCUT2D eigenvalue weighted by molar-refractivity contribution is 7.15. The lowest BCUT2D eigenvalue weighted by molar-refractivity contribution is -0.115. The molecule has 3 rings (SSSR count). The van der Waals surface area contributed by atoms with E-state index < -0.39 is 0 Å². The van der Waals surface area contributed by atoms with Crippen LogP contribution in [0.3, 0.4) is 0 Å². The highest BCUT2D eigenvalue weighted by Gasteiger charge is 2.18. The standard InChI is InChI=1S/C19H25N3OS/c1-14-8-10-22(11-9-14)13-17-15(2)20-19(24-17)21-18(23)12-16-6-4-3-5-7-16/h3-7,14H,8-13H2,1-2H3,(H,20,21,23). The van der Waals surface area contributed by atoms with Crippen LogP contribution in [0.2, 0.25) is 0 Å². The highest BCUT2D eigenvalue weighted by atomic mass is 32.1. The minimum atomic E-state index is -0.00621. The van der Waals surface area contributed by atoms with Gasteiger partial charge in [0.15, 0.2) is 5.13 Å². The molecule has 24 heavy (non-hydrogen) atoms. The average Bonchev–Trinajstić information content (AvgIpc) is 2.89. The summed E-state index contributed by atoms with van der Waals surface area (Å²) in [6.07, 6.45) is 2.94. The van der Waals surface area contributed by atoms with Gasteiger partial charge in [-0.25, -0.2) is 4.98 Å². The maximum absolute atomic E-state index is 12.2. The molecular formula is C19H25N3OS. The van der Waals surface area contributed by atoms with Crippen molar-refractivity contribution in [3.8, 4) is 0 Å². The minimum absolute atomic E-state index is 0.00621. The van der Waals surface area contributed by atoms with Gasteiger partial charge >= 0.3 is 0 Å². The first-order valence-electron chi connectivity index (χ1n) is 8.62. The molecule has 0 atom stereocenters. The number of carbonyl (C=O) groups excluding carboxylic acids is 1. The third kappa shape index (κ3) is 4.65. The number of likely N-dealkylation sites (tertiary alicyclic amines) is 1. The number of aromatic nitrogens is 1. The van der Waals surface area contributed by atoms with Crippen molar-refractivity contribution in [1.29, 1.82) is 0 Å². The number of hydrogen-bond acceptors (Lipinski definition) is 4. The number of benzene rings is 1. The third-order valence-corrected chi connectivity index (χ3v) is 5.65. The van der Waals surface area contributed by atoms with Crippen LogP contribution < -0.4 is 5.32 Å². The molecule has 1 fully saturated rings. The molecule has 128 valence electrons. The molecule has 1 aliphatic heterocycles. The van der Waals surface area contributed by atoms with Gasteiger partial charge in [0.05, 0.1) is 12.1 Å². The number of amides is 1. The van der Waals surface area contributed by atoms with Crippen molar-refractivity contribution in [2.75, 3.05) is 18.4 Å². The van der Waals surface area contributed by atoms with Crippen LogP contribution in [0.1, 0.15) is 35.9 Å². The summed E-state index contributed by atoms with van der Waals surface area (Å²) in [6.45, 7) is 7.63. The topological polar surface area (TPSA) is 45.2 Å². The Morgan fingerprint density at radius 1 is 1.29 bits per heavy atom. The third-order valence-electron chi connectivity index (χ3n) is 4.59. The fraction of sp³-hybridized carbons (Fsp3) is 0.474. The summed E-state index contributed by atoms with van der Waals surface area (Å²) < 4.78 is 0. The Bertz CT molecular complexity index is 675. The van der Waals surface area contributed by atoms with Gasteiger partial charge in [-0.15, -0.1) is 11.3 Å². The second-order valence-electron chi connectivity index (χ2n) is 6.70. The molecule has 0 spiro atoms. The first-order chi connectivity index (χ1) is 11.6. The number of anilines is 1. The molecule has 2 heterocycles. The van der Waals surface area contributed by atoms with Crippen molar-refractivity contribution in [2.45, 2.75) is 39.7 Å². The number of nitrogens with zero attached hydrogens (tertiary/aromatic N) is 2. The summed E-state index contributed by atoms with van der Waals surface area (Å²) in [7, 11) is 0. The van der Waals surface area contributed by atoms with Gasteiger partial charge in [0.2, 0.25) is 5.91 Å². The Kier molecular flexibility index (Phi) is 5.63. The maximum Gasteiger partial charge on any atom is 0.230 e. The zero-order chi connectivity index (χ0) is 16.9. The van der Waals surface area contributed by atoms with E-state index in [1.807, 2.05) is 37.3 Å². The van der Waals surface area contributed by atoms with Gasteiger partial charge in [-0.3, -0.25) is 9.69 Å². The maximum atomic E-state index is 12.2. The lowest BCUT2D eigenvalue weighted by Crippen LogP contribution is -2.32. The predicted molar refractivity (Wildman–Crippen MR) is 99.3 cm³/mol. The fourth-order valence-electron chi connectivity index (χ4n) is 3.00. The average molecular weight is 343 g/mol. The van der Waals surface area contributed by atoms with E-state index in [4.69, 9.17) is 0 Å². The van der Waals surface area contributed by atoms with Gasteiger partial charge in [0, 0.05) is 11.4 Å². The Balaban J connectivity index is 1.56. The number of hydrogen-bond donors (Lipinski definition) is 1. The van der Waals surface area contributed by atoms with E-state index in [1.165, 1.54) is 17.7 Å². The number of aryl methyl sites for hydroxylation is 1. The molecule has 5 heteroatoms. The SMILES string of the molecule is Cc1nc(NC(=O)Cc2ccccc2)sc1CN1CCC(C)CC1. The van der Waals surface area contributed by atoms with Gasteiger partial charge in [-0.05, 0) is 44.3 Å². The minimum Gasteiger partial charge on any atom is -0.302 e. The highest BCUT2D eigenvalue weighted by Crippen LogP contribution is 2.26. The van der Waals surface area contributed by atoms with Crippen molar-refractivity contribution in [3.63, 3.8) is 0 Å². The van der Waals surface area contributed by atoms with Gasteiger partial charge in [-0.2, -0.15) is 0 Å². The summed E-state index contributed by atoms with van der Waals surface area (Å²) in [5.41, 5.74) is 2.06. The Morgan fingerprint density at radius 2 is 2.00 bits per heavy atom. The Hall–Kier alpha value is -1.72. The summed E-state index contributed by atoms with van der Waals surface area (Å²) in [6, 6.07) is 9.80. The Labute approximate surface area is 147 Å². The van der Waals surface area contributed by atoms with Gasteiger partial charge in [0.25, 0.3) is 0 Å². The number of thiazole rings is 1. The molecule has 1 N–H and O–H groups in total. The molecule has 0 aliphatic carbocycles. The van der Waals surface area contributed by atoms with Gasteiger partial charge in [0.1, 0.15) is 0 Å². The van der Waals surface area contributed by atoms with Crippen LogP contribution in [0, 0.1) is 12.8 Å². The second kappa shape index (κ2) is 7.90. The van der Waals surface area contributed by atoms with E-state index in [-0.39, 0.29) is 5.91 Å². The van der Waals surface area contributed by atoms with Gasteiger partial charge in [-0.1, -0.05) is 37.3 Å². The van der Waals surface area contributed by atoms with E-state index in [1.54, 1.807) is 11.3 Å². The quantitative estimate of drug-likeness (QED) is 0.896. The van der Waals surface area contributed by atoms with E-state index in [9.17, 15) is 4.79 Å². The van der Waals surface area contributed by atoms with Crippen LogP contribution in [-0.2, 0) is 17.8 Å². The molecule has 0 unspecified atom stereocenters. The normalized spacial score (nSPS) is 16.2. The van der Waals surface area contributed by atoms with Crippen molar-refractivity contribution in [1.82, 2.24) is 9.88 Å². The molecule has 1 saturated heterocycles. The molecule has 1 aromatic heterocycles. The van der Waals surface area contributed by atoms with Crippen molar-refractivity contribution >= 4 is 22.4 Å². The Morgan fingerprint density at radius 3 is 2.71 bits per heavy atom. The molecule has 1 amide bonds. The lowest BCUT2D eigenvalue weighted by Gasteiger charge is -2.29. The summed E-state index contributed by atoms with van der Waals surface area (Å²) in [4.78, 5) is 20.5. The molecule has 0 radical (unpaired) electrons. The molecule has 4 nitrogen and oxygen atoms in total. The van der Waals surface area contributed by atoms with Crippen LogP contribution in [0.15, 0.2) is 30.3 Å². The first-order valence-corrected chi connectivity index (χ1v) is 9.44. The zero-order valence-electron chi connectivity index (χ0n) is 14.4. The molecule has 2 aromatic rings. The number of piperidine rings is 1. The smallest absolute Gasteiger partial charge is 0.230 e. The molecular weight excluding hydrogens is 318 g/mol. The van der Waals surface area contributed by atoms with Gasteiger partial charge < -0.3 is 5.32 Å². The molecule has 0 saturated carbocycles. The fourth-order valence-corrected chi connectivity index (χ4v) is 4.02. The van der Waals surface area contributed by atoms with Crippen molar-refractivity contribution in [3.05, 3.63) is 46.5 Å². The zero-order valence-corrected chi connectivity index (χ0v) is 15.2. The van der Waals surface area contributed by atoms with Crippen LogP contribution in [-0.4, -0.2) is 28.9 Å².